The van der Waals surface area contributed by atoms with Crippen LogP contribution in [0, 0.1) is 5.92 Å². The van der Waals surface area contributed by atoms with Crippen molar-refractivity contribution in [3.8, 4) is 11.5 Å². The molecule has 1 aromatic carbocycles. The minimum atomic E-state index is -4.46. The molecule has 0 saturated carbocycles. The van der Waals surface area contributed by atoms with Gasteiger partial charge in [0, 0.05) is 11.5 Å². The van der Waals surface area contributed by atoms with Crippen LogP contribution in [0.5, 0.6) is 11.5 Å². The van der Waals surface area contributed by atoms with Gasteiger partial charge in [0.15, 0.2) is 0 Å². The highest BCUT2D eigenvalue weighted by molar-refractivity contribution is 7.74. The van der Waals surface area contributed by atoms with E-state index in [9.17, 15) is 19.3 Å². The van der Waals surface area contributed by atoms with Crippen molar-refractivity contribution in [2.75, 3.05) is 13.2 Å². The number of phenols is 1. The fraction of sp³-hybridized carbons (Fsp3) is 0.586. The van der Waals surface area contributed by atoms with Gasteiger partial charge in [0.25, 0.3) is 0 Å². The number of hydrogen-bond donors (Lipinski definition) is 2. The van der Waals surface area contributed by atoms with Gasteiger partial charge in [-0.2, -0.15) is 0 Å². The van der Waals surface area contributed by atoms with Gasteiger partial charge in [-0.15, -0.1) is 0 Å². The minimum Gasteiger partial charge on any atom is -0.507 e. The average Bonchev–Trinajstić information content (AvgIpc) is 2.84. The Morgan fingerprint density at radius 1 is 1.18 bits per heavy atom. The lowest BCUT2D eigenvalue weighted by atomic mass is 9.73. The third-order valence-electron chi connectivity index (χ3n) is 6.70. The number of aromatic hydroxyl groups is 1. The van der Waals surface area contributed by atoms with Gasteiger partial charge in [-0.1, -0.05) is 43.6 Å². The number of aryl methyl sites for hydroxylation is 1. The average molecular weight is 550 g/mol. The van der Waals surface area contributed by atoms with Crippen LogP contribution in [0.2, 0.25) is 0 Å². The highest BCUT2D eigenvalue weighted by atomic mass is 31.2. The van der Waals surface area contributed by atoms with Crippen LogP contribution in [-0.2, 0) is 25.3 Å². The first-order chi connectivity index (χ1) is 18.0. The second kappa shape index (κ2) is 14.5. The first kappa shape index (κ1) is 31.6. The Morgan fingerprint density at radius 2 is 1.87 bits per heavy atom. The molecule has 9 heteroatoms. The van der Waals surface area contributed by atoms with Crippen LogP contribution in [0.15, 0.2) is 35.9 Å². The second-order valence-electron chi connectivity index (χ2n) is 9.96. The van der Waals surface area contributed by atoms with E-state index >= 15 is 0 Å². The van der Waals surface area contributed by atoms with Crippen molar-refractivity contribution in [2.45, 2.75) is 92.0 Å². The first-order valence-corrected chi connectivity index (χ1v) is 15.2. The summed E-state index contributed by atoms with van der Waals surface area (Å²) in [5.74, 6) is -0.820. The molecule has 0 bridgehead atoms. The number of carbonyl (C=O) groups excluding carboxylic acids is 2. The second-order valence-corrected chi connectivity index (χ2v) is 11.9. The maximum atomic E-state index is 14.1. The zero-order valence-corrected chi connectivity index (χ0v) is 24.6. The SMILES string of the molecule is C=C(C)C1CCC(C)=CC1c1c(O)cc(CCCCC)cc1OP(=O)(NC(C)C(=O)OCC)C(=O)OCC. The Kier molecular flexibility index (Phi) is 12.1. The Labute approximate surface area is 227 Å². The third kappa shape index (κ3) is 8.21. The molecule has 2 rings (SSSR count). The molecule has 0 aromatic heterocycles. The van der Waals surface area contributed by atoms with Crippen molar-refractivity contribution in [1.29, 1.82) is 0 Å². The van der Waals surface area contributed by atoms with E-state index in [1.807, 2.05) is 13.8 Å². The molecule has 212 valence electrons. The van der Waals surface area contributed by atoms with Crippen LogP contribution in [0.25, 0.3) is 0 Å². The number of benzene rings is 1. The van der Waals surface area contributed by atoms with Crippen LogP contribution in [0.1, 0.15) is 90.7 Å². The van der Waals surface area contributed by atoms with Crippen molar-refractivity contribution in [3.05, 3.63) is 47.1 Å². The number of rotatable bonds is 14. The maximum absolute atomic E-state index is 14.1. The number of allylic oxidation sites excluding steroid dienone is 3. The van der Waals surface area contributed by atoms with E-state index in [4.69, 9.17) is 14.0 Å². The fourth-order valence-corrected chi connectivity index (χ4v) is 6.32. The fourth-order valence-electron chi connectivity index (χ4n) is 4.75. The van der Waals surface area contributed by atoms with E-state index in [1.54, 1.807) is 26.0 Å². The van der Waals surface area contributed by atoms with Crippen LogP contribution >= 0.6 is 7.52 Å². The Morgan fingerprint density at radius 3 is 2.47 bits per heavy atom. The Bertz CT molecular complexity index is 1080. The molecule has 1 aromatic rings. The van der Waals surface area contributed by atoms with Gasteiger partial charge < -0.3 is 19.1 Å². The van der Waals surface area contributed by atoms with Gasteiger partial charge in [0.05, 0.1) is 13.2 Å². The molecule has 2 N–H and O–H groups in total. The number of hydrogen-bond acceptors (Lipinski definition) is 7. The first-order valence-electron chi connectivity index (χ1n) is 13.6. The Hall–Kier alpha value is -2.57. The van der Waals surface area contributed by atoms with Crippen molar-refractivity contribution in [1.82, 2.24) is 5.09 Å². The predicted octanol–water partition coefficient (Wildman–Crippen LogP) is 7.41. The molecular formula is C29H44NO7P. The monoisotopic (exact) mass is 549 g/mol. The van der Waals surface area contributed by atoms with Crippen LogP contribution < -0.4 is 9.61 Å². The van der Waals surface area contributed by atoms with E-state index in [0.717, 1.165) is 48.8 Å². The van der Waals surface area contributed by atoms with E-state index in [-0.39, 0.29) is 36.5 Å². The zero-order valence-electron chi connectivity index (χ0n) is 23.7. The molecule has 8 nitrogen and oxygen atoms in total. The standard InChI is InChI=1S/C29H44NO7P/c1-8-11-12-13-22-17-25(31)27(24-16-20(6)14-15-23(24)19(4)5)26(18-22)37-38(34,29(33)36-10-3)30-21(7)28(32)35-9-2/h16-18,21,23-24,31H,4,8-15H2,1-3,5-7H3,(H,30,34). The van der Waals surface area contributed by atoms with Crippen LogP contribution in [-0.4, -0.2) is 36.0 Å². The summed E-state index contributed by atoms with van der Waals surface area (Å²) < 4.78 is 30.2. The third-order valence-corrected chi connectivity index (χ3v) is 8.49. The van der Waals surface area contributed by atoms with Gasteiger partial charge in [-0.05, 0) is 83.9 Å². The number of carbonyl (C=O) groups is 2. The quantitative estimate of drug-likeness (QED) is 0.107. The highest BCUT2D eigenvalue weighted by Gasteiger charge is 2.42. The van der Waals surface area contributed by atoms with E-state index in [0.29, 0.717) is 12.0 Å². The van der Waals surface area contributed by atoms with E-state index in [1.165, 1.54) is 6.92 Å². The lowest BCUT2D eigenvalue weighted by molar-refractivity contribution is -0.144. The highest BCUT2D eigenvalue weighted by Crippen LogP contribution is 2.52. The number of ether oxygens (including phenoxy) is 2. The normalized spacial score (nSPS) is 19.6. The van der Waals surface area contributed by atoms with Gasteiger partial charge >= 0.3 is 19.2 Å². The van der Waals surface area contributed by atoms with E-state index < -0.39 is 25.2 Å². The van der Waals surface area contributed by atoms with Crippen molar-refractivity contribution < 1.29 is 33.3 Å². The molecule has 0 amide bonds. The Balaban J connectivity index is 2.66. The molecule has 1 aliphatic carbocycles. The molecule has 1 aliphatic rings. The van der Waals surface area contributed by atoms with E-state index in [2.05, 4.69) is 24.7 Å². The lowest BCUT2D eigenvalue weighted by Crippen LogP contribution is -2.36. The molecule has 4 atom stereocenters. The summed E-state index contributed by atoms with van der Waals surface area (Å²) in [4.78, 5) is 25.3. The van der Waals surface area contributed by atoms with Gasteiger partial charge in [-0.25, -0.2) is 14.4 Å². The molecule has 0 aliphatic heterocycles. The van der Waals surface area contributed by atoms with Crippen molar-refractivity contribution in [2.24, 2.45) is 5.92 Å². The summed E-state index contributed by atoms with van der Waals surface area (Å²) in [6.45, 7) is 15.0. The molecular weight excluding hydrogens is 505 g/mol. The smallest absolute Gasteiger partial charge is 0.424 e. The number of esters is 1. The molecule has 4 unspecified atom stereocenters. The van der Waals surface area contributed by atoms with Gasteiger partial charge in [-0.3, -0.25) is 4.79 Å². The van der Waals surface area contributed by atoms with Crippen LogP contribution in [0.3, 0.4) is 0 Å². The van der Waals surface area contributed by atoms with Crippen molar-refractivity contribution >= 4 is 19.2 Å². The summed E-state index contributed by atoms with van der Waals surface area (Å²) in [7, 11) is -4.46. The summed E-state index contributed by atoms with van der Waals surface area (Å²) >= 11 is 0. The number of phenolic OH excluding ortho intramolecular Hbond substituents is 1. The number of nitrogens with one attached hydrogen (secondary N) is 1. The van der Waals surface area contributed by atoms with Gasteiger partial charge in [0.1, 0.15) is 17.5 Å². The topological polar surface area (TPSA) is 111 Å². The molecule has 0 spiro atoms. The lowest BCUT2D eigenvalue weighted by Gasteiger charge is -2.33. The molecule has 0 radical (unpaired) electrons. The van der Waals surface area contributed by atoms with Crippen LogP contribution in [0.4, 0.5) is 4.79 Å². The summed E-state index contributed by atoms with van der Waals surface area (Å²) in [5, 5.41) is 13.9. The largest absolute Gasteiger partial charge is 0.507 e. The zero-order chi connectivity index (χ0) is 28.5. The summed E-state index contributed by atoms with van der Waals surface area (Å²) in [5.41, 5.74) is 2.24. The maximum Gasteiger partial charge on any atom is 0.424 e. The minimum absolute atomic E-state index is 0.00467. The molecule has 38 heavy (non-hydrogen) atoms. The van der Waals surface area contributed by atoms with Gasteiger partial charge in [0.2, 0.25) is 0 Å². The molecule has 0 saturated heterocycles. The summed E-state index contributed by atoms with van der Waals surface area (Å²) in [6.07, 6.45) is 7.45. The van der Waals surface area contributed by atoms with Crippen molar-refractivity contribution in [3.63, 3.8) is 0 Å². The number of unbranched alkanes of at least 4 members (excludes halogenated alkanes) is 2. The predicted molar refractivity (Wildman–Crippen MR) is 150 cm³/mol. The molecule has 0 heterocycles. The summed E-state index contributed by atoms with van der Waals surface area (Å²) in [6, 6.07) is 2.35. The molecule has 0 fully saturated rings.